The summed E-state index contributed by atoms with van der Waals surface area (Å²) in [5, 5.41) is 0.462. The number of aryl methyl sites for hydroxylation is 3. The van der Waals surface area contributed by atoms with Gasteiger partial charge in [0.2, 0.25) is 0 Å². The van der Waals surface area contributed by atoms with Crippen molar-refractivity contribution < 1.29 is 13.2 Å². The van der Waals surface area contributed by atoms with Crippen LogP contribution in [0.2, 0.25) is 0 Å². The van der Waals surface area contributed by atoms with Crippen LogP contribution < -0.4 is 10.3 Å². The third-order valence-electron chi connectivity index (χ3n) is 4.05. The van der Waals surface area contributed by atoms with Crippen LogP contribution in [0.5, 0.6) is 0 Å². The molecule has 0 saturated heterocycles. The SMILES string of the molecule is Cc1ccc(S(=O)(=O)NC(=O)Cn2cnc3sc(C)c(C)c3c2=O)cc1. The average Bonchev–Trinajstić information content (AvgIpc) is 2.85. The lowest BCUT2D eigenvalue weighted by Gasteiger charge is -2.08. The molecule has 0 aliphatic carbocycles. The predicted octanol–water partition coefficient (Wildman–Crippen LogP) is 1.89. The number of benzene rings is 1. The summed E-state index contributed by atoms with van der Waals surface area (Å²) >= 11 is 1.41. The van der Waals surface area contributed by atoms with Crippen LogP contribution in [-0.4, -0.2) is 23.9 Å². The van der Waals surface area contributed by atoms with E-state index in [0.717, 1.165) is 20.6 Å². The Kier molecular flexibility index (Phi) is 4.68. The van der Waals surface area contributed by atoms with Gasteiger partial charge in [-0.3, -0.25) is 14.2 Å². The zero-order valence-corrected chi connectivity index (χ0v) is 16.1. The van der Waals surface area contributed by atoms with Crippen molar-refractivity contribution >= 4 is 37.5 Å². The number of fused-ring (bicyclic) bond motifs is 1. The van der Waals surface area contributed by atoms with Gasteiger partial charge in [0, 0.05) is 4.88 Å². The standard InChI is InChI=1S/C17H17N3O4S2/c1-10-4-6-13(7-5-10)26(23,24)19-14(21)8-20-9-18-16-15(17(20)22)11(2)12(3)25-16/h4-7,9H,8H2,1-3H3,(H,19,21). The summed E-state index contributed by atoms with van der Waals surface area (Å²) in [6.45, 7) is 5.12. The first-order valence-corrected chi connectivity index (χ1v) is 10.1. The molecule has 3 rings (SSSR count). The summed E-state index contributed by atoms with van der Waals surface area (Å²) < 4.78 is 27.6. The maximum absolute atomic E-state index is 12.6. The quantitative estimate of drug-likeness (QED) is 0.732. The topological polar surface area (TPSA) is 98.1 Å². The van der Waals surface area contributed by atoms with E-state index in [2.05, 4.69) is 4.98 Å². The van der Waals surface area contributed by atoms with Crippen molar-refractivity contribution in [3.8, 4) is 0 Å². The van der Waals surface area contributed by atoms with Crippen molar-refractivity contribution in [1.29, 1.82) is 0 Å². The van der Waals surface area contributed by atoms with Crippen LogP contribution in [-0.2, 0) is 21.4 Å². The van der Waals surface area contributed by atoms with Gasteiger partial charge in [-0.25, -0.2) is 18.1 Å². The number of carbonyl (C=O) groups excluding carboxylic acids is 1. The Hall–Kier alpha value is -2.52. The first-order valence-electron chi connectivity index (χ1n) is 7.76. The first kappa shape index (κ1) is 18.3. The summed E-state index contributed by atoms with van der Waals surface area (Å²) in [4.78, 5) is 30.5. The third-order valence-corrected chi connectivity index (χ3v) is 6.55. The molecule has 0 fully saturated rings. The van der Waals surface area contributed by atoms with Crippen molar-refractivity contribution in [3.05, 3.63) is 57.0 Å². The number of thiophene rings is 1. The number of nitrogens with zero attached hydrogens (tertiary/aromatic N) is 2. The highest BCUT2D eigenvalue weighted by Crippen LogP contribution is 2.25. The molecule has 7 nitrogen and oxygen atoms in total. The smallest absolute Gasteiger partial charge is 0.264 e. The third kappa shape index (κ3) is 3.40. The molecule has 0 saturated carbocycles. The molecule has 0 radical (unpaired) electrons. The second-order valence-corrected chi connectivity index (χ2v) is 8.87. The van der Waals surface area contributed by atoms with Gasteiger partial charge in [0.15, 0.2) is 0 Å². The van der Waals surface area contributed by atoms with Crippen molar-refractivity contribution in [1.82, 2.24) is 14.3 Å². The van der Waals surface area contributed by atoms with Crippen molar-refractivity contribution in [3.63, 3.8) is 0 Å². The van der Waals surface area contributed by atoms with Gasteiger partial charge in [0.05, 0.1) is 16.6 Å². The summed E-state index contributed by atoms with van der Waals surface area (Å²) in [6, 6.07) is 6.12. The molecular formula is C17H17N3O4S2. The number of amides is 1. The molecule has 9 heteroatoms. The Morgan fingerprint density at radius 1 is 1.19 bits per heavy atom. The number of rotatable bonds is 4. The molecule has 1 N–H and O–H groups in total. The highest BCUT2D eigenvalue weighted by Gasteiger charge is 2.19. The highest BCUT2D eigenvalue weighted by molar-refractivity contribution is 7.90. The minimum absolute atomic E-state index is 0.0123. The van der Waals surface area contributed by atoms with E-state index >= 15 is 0 Å². The fourth-order valence-corrected chi connectivity index (χ4v) is 4.46. The molecule has 1 amide bonds. The summed E-state index contributed by atoms with van der Waals surface area (Å²) in [5.74, 6) is -0.807. The van der Waals surface area contributed by atoms with E-state index in [-0.39, 0.29) is 10.5 Å². The molecule has 3 aromatic rings. The molecule has 0 atom stereocenters. The van der Waals surface area contributed by atoms with E-state index in [1.165, 1.54) is 29.8 Å². The van der Waals surface area contributed by atoms with Gasteiger partial charge < -0.3 is 0 Å². The van der Waals surface area contributed by atoms with Crippen LogP contribution in [0.15, 0.2) is 40.3 Å². The van der Waals surface area contributed by atoms with Gasteiger partial charge in [-0.05, 0) is 38.5 Å². The maximum atomic E-state index is 12.6. The highest BCUT2D eigenvalue weighted by atomic mass is 32.2. The molecule has 26 heavy (non-hydrogen) atoms. The second-order valence-electron chi connectivity index (χ2n) is 5.98. The van der Waals surface area contributed by atoms with Gasteiger partial charge in [0.1, 0.15) is 11.4 Å². The molecule has 0 aliphatic heterocycles. The van der Waals surface area contributed by atoms with Gasteiger partial charge in [0.25, 0.3) is 21.5 Å². The van der Waals surface area contributed by atoms with E-state index < -0.39 is 22.5 Å². The minimum Gasteiger partial charge on any atom is -0.289 e. The summed E-state index contributed by atoms with van der Waals surface area (Å²) in [7, 11) is -3.99. The lowest BCUT2D eigenvalue weighted by Crippen LogP contribution is -2.36. The van der Waals surface area contributed by atoms with Gasteiger partial charge in [-0.1, -0.05) is 17.7 Å². The molecule has 0 aliphatic rings. The van der Waals surface area contributed by atoms with Crippen LogP contribution >= 0.6 is 11.3 Å². The Balaban J connectivity index is 1.85. The van der Waals surface area contributed by atoms with E-state index in [0.29, 0.717) is 10.2 Å². The monoisotopic (exact) mass is 391 g/mol. The number of hydrogen-bond acceptors (Lipinski definition) is 6. The first-order chi connectivity index (χ1) is 12.2. The van der Waals surface area contributed by atoms with Crippen LogP contribution in [0.4, 0.5) is 0 Å². The number of aromatic nitrogens is 2. The Labute approximate surface area is 154 Å². The molecule has 0 bridgehead atoms. The fourth-order valence-electron chi connectivity index (χ4n) is 2.50. The van der Waals surface area contributed by atoms with Crippen molar-refractivity contribution in [2.75, 3.05) is 0 Å². The van der Waals surface area contributed by atoms with E-state index in [9.17, 15) is 18.0 Å². The molecule has 1 aromatic carbocycles. The van der Waals surface area contributed by atoms with Gasteiger partial charge in [-0.15, -0.1) is 11.3 Å². The van der Waals surface area contributed by atoms with Crippen LogP contribution in [0.3, 0.4) is 0 Å². The Morgan fingerprint density at radius 2 is 1.85 bits per heavy atom. The number of hydrogen-bond donors (Lipinski definition) is 1. The van der Waals surface area contributed by atoms with Crippen molar-refractivity contribution in [2.45, 2.75) is 32.2 Å². The van der Waals surface area contributed by atoms with E-state index in [4.69, 9.17) is 0 Å². The summed E-state index contributed by atoms with van der Waals surface area (Å²) in [5.41, 5.74) is 1.37. The lowest BCUT2D eigenvalue weighted by molar-refractivity contribution is -0.119. The van der Waals surface area contributed by atoms with Gasteiger partial charge in [-0.2, -0.15) is 0 Å². The molecule has 0 unspecified atom stereocenters. The number of carbonyl (C=O) groups is 1. The van der Waals surface area contributed by atoms with Gasteiger partial charge >= 0.3 is 0 Å². The molecule has 2 heterocycles. The average molecular weight is 391 g/mol. The van der Waals surface area contributed by atoms with E-state index in [1.54, 1.807) is 12.1 Å². The summed E-state index contributed by atoms with van der Waals surface area (Å²) in [6.07, 6.45) is 1.26. The lowest BCUT2D eigenvalue weighted by atomic mass is 10.2. The Bertz CT molecular complexity index is 1160. The number of sulfonamides is 1. The Morgan fingerprint density at radius 3 is 2.50 bits per heavy atom. The maximum Gasteiger partial charge on any atom is 0.264 e. The van der Waals surface area contributed by atoms with E-state index in [1.807, 2.05) is 25.5 Å². The molecule has 2 aromatic heterocycles. The molecule has 0 spiro atoms. The zero-order chi connectivity index (χ0) is 19.1. The van der Waals surface area contributed by atoms with Crippen LogP contribution in [0, 0.1) is 20.8 Å². The molecule has 136 valence electrons. The molecular weight excluding hydrogens is 374 g/mol. The zero-order valence-electron chi connectivity index (χ0n) is 14.4. The van der Waals surface area contributed by atoms with Crippen LogP contribution in [0.25, 0.3) is 10.2 Å². The minimum atomic E-state index is -3.99. The largest absolute Gasteiger partial charge is 0.289 e. The predicted molar refractivity (Wildman–Crippen MR) is 99.9 cm³/mol. The van der Waals surface area contributed by atoms with Crippen molar-refractivity contribution in [2.24, 2.45) is 0 Å². The fraction of sp³-hybridized carbons (Fsp3) is 0.235. The normalized spacial score (nSPS) is 11.7. The number of nitrogens with one attached hydrogen (secondary N) is 1. The second kappa shape index (κ2) is 6.65. The van der Waals surface area contributed by atoms with Crippen LogP contribution in [0.1, 0.15) is 16.0 Å².